The van der Waals surface area contributed by atoms with E-state index in [1.165, 1.54) is 30.6 Å². The van der Waals surface area contributed by atoms with Crippen molar-refractivity contribution in [1.82, 2.24) is 0 Å². The zero-order valence-corrected chi connectivity index (χ0v) is 9.82. The molecule has 0 heterocycles. The van der Waals surface area contributed by atoms with E-state index in [2.05, 4.69) is 20.3 Å². The molecular weight excluding hydrogens is 247 g/mol. The van der Waals surface area contributed by atoms with Crippen LogP contribution in [-0.4, -0.2) is 25.8 Å². The molecule has 0 aliphatic carbocycles. The summed E-state index contributed by atoms with van der Waals surface area (Å²) in [6.45, 7) is 1.65. The molecule has 0 aromatic heterocycles. The third-order valence-electron chi connectivity index (χ3n) is 1.91. The minimum atomic E-state index is -4.68. The summed E-state index contributed by atoms with van der Waals surface area (Å²) in [5.74, 6) is -0.260. The molecule has 4 nitrogen and oxygen atoms in total. The maximum atomic E-state index is 12.0. The highest BCUT2D eigenvalue weighted by Gasteiger charge is 2.31. The minimum Gasteiger partial charge on any atom is -0.406 e. The highest BCUT2D eigenvalue weighted by molar-refractivity contribution is 6.16. The van der Waals surface area contributed by atoms with E-state index in [1.807, 2.05) is 0 Å². The Balaban J connectivity index is 2.74. The molecule has 0 bridgehead atoms. The summed E-state index contributed by atoms with van der Waals surface area (Å²) in [6.07, 6.45) is -1.78. The quantitative estimate of drug-likeness (QED) is 0.667. The van der Waals surface area contributed by atoms with E-state index in [-0.39, 0.29) is 5.75 Å². The lowest BCUT2D eigenvalue weighted by Crippen LogP contribution is -2.17. The number of alkyl halides is 3. The Hall–Kier alpha value is -2.05. The maximum absolute atomic E-state index is 12.0. The first-order chi connectivity index (χ1) is 8.42. The molecule has 1 aromatic rings. The Morgan fingerprint density at radius 2 is 2.00 bits per heavy atom. The number of aryl methyl sites for hydroxylation is 1. The Morgan fingerprint density at radius 1 is 1.28 bits per heavy atom. The largest absolute Gasteiger partial charge is 0.573 e. The van der Waals surface area contributed by atoms with E-state index in [1.54, 1.807) is 14.0 Å². The molecule has 1 aromatic carbocycles. The summed E-state index contributed by atoms with van der Waals surface area (Å²) in [6, 6.07) is 3.95. The van der Waals surface area contributed by atoms with Crippen LogP contribution in [0.3, 0.4) is 0 Å². The summed E-state index contributed by atoms with van der Waals surface area (Å²) in [4.78, 5) is 3.68. The van der Waals surface area contributed by atoms with Gasteiger partial charge in [0.15, 0.2) is 0 Å². The smallest absolute Gasteiger partial charge is 0.406 e. The third-order valence-corrected chi connectivity index (χ3v) is 1.91. The molecule has 1 rings (SSSR count). The summed E-state index contributed by atoms with van der Waals surface area (Å²) in [5.41, 5.74) is 3.85. The Kier molecular flexibility index (Phi) is 4.70. The monoisotopic (exact) mass is 259 g/mol. The second-order valence-electron chi connectivity index (χ2n) is 3.32. The first kappa shape index (κ1) is 14.0. The molecule has 7 heteroatoms. The van der Waals surface area contributed by atoms with Gasteiger partial charge in [-0.3, -0.25) is 10.4 Å². The number of hydrazone groups is 1. The van der Waals surface area contributed by atoms with Gasteiger partial charge in [0.2, 0.25) is 0 Å². The van der Waals surface area contributed by atoms with Gasteiger partial charge >= 0.3 is 6.36 Å². The summed E-state index contributed by atoms with van der Waals surface area (Å²) in [7, 11) is 1.60. The zero-order chi connectivity index (χ0) is 13.6. The first-order valence-corrected chi connectivity index (χ1v) is 4.98. The van der Waals surface area contributed by atoms with Crippen LogP contribution in [0.4, 0.5) is 18.9 Å². The fourth-order valence-corrected chi connectivity index (χ4v) is 1.17. The maximum Gasteiger partial charge on any atom is 0.573 e. The second kappa shape index (κ2) is 6.04. The average Bonchev–Trinajstić information content (AvgIpc) is 2.24. The fourth-order valence-electron chi connectivity index (χ4n) is 1.17. The van der Waals surface area contributed by atoms with Crippen LogP contribution in [0.1, 0.15) is 5.56 Å². The number of rotatable bonds is 4. The normalized spacial score (nSPS) is 12.3. The second-order valence-corrected chi connectivity index (χ2v) is 3.32. The number of benzene rings is 1. The first-order valence-electron chi connectivity index (χ1n) is 4.98. The van der Waals surface area contributed by atoms with Gasteiger partial charge in [-0.15, -0.1) is 13.2 Å². The molecule has 0 unspecified atom stereocenters. The van der Waals surface area contributed by atoms with E-state index < -0.39 is 6.36 Å². The van der Waals surface area contributed by atoms with Crippen molar-refractivity contribution < 1.29 is 17.9 Å². The van der Waals surface area contributed by atoms with Gasteiger partial charge in [0.25, 0.3) is 0 Å². The van der Waals surface area contributed by atoms with Crippen molar-refractivity contribution in [2.75, 3.05) is 12.5 Å². The van der Waals surface area contributed by atoms with Crippen molar-refractivity contribution in [3.8, 4) is 5.75 Å². The molecule has 0 fully saturated rings. The van der Waals surface area contributed by atoms with Crippen molar-refractivity contribution in [3.63, 3.8) is 0 Å². The predicted octanol–water partition coefficient (Wildman–Crippen LogP) is 2.99. The van der Waals surface area contributed by atoms with E-state index in [9.17, 15) is 13.2 Å². The Labute approximate surface area is 102 Å². The third kappa shape index (κ3) is 4.86. The van der Waals surface area contributed by atoms with Crippen LogP contribution in [0.5, 0.6) is 5.75 Å². The highest BCUT2D eigenvalue weighted by Crippen LogP contribution is 2.26. The molecule has 0 radical (unpaired) electrons. The summed E-state index contributed by atoms with van der Waals surface area (Å²) >= 11 is 0. The molecule has 0 aliphatic rings. The van der Waals surface area contributed by atoms with Gasteiger partial charge in [-0.2, -0.15) is 5.10 Å². The van der Waals surface area contributed by atoms with Crippen LogP contribution in [0.2, 0.25) is 0 Å². The van der Waals surface area contributed by atoms with Crippen LogP contribution in [-0.2, 0) is 0 Å². The number of halogens is 3. The van der Waals surface area contributed by atoms with Crippen LogP contribution < -0.4 is 10.2 Å². The number of nitrogens with one attached hydrogen (secondary N) is 1. The van der Waals surface area contributed by atoms with Gasteiger partial charge in [0.1, 0.15) is 5.75 Å². The van der Waals surface area contributed by atoms with E-state index >= 15 is 0 Å². The van der Waals surface area contributed by atoms with Gasteiger partial charge in [-0.1, -0.05) is 0 Å². The molecule has 0 atom stereocenters. The highest BCUT2D eigenvalue weighted by atomic mass is 19.4. The fraction of sp³-hybridized carbons (Fsp3) is 0.273. The lowest BCUT2D eigenvalue weighted by atomic mass is 10.2. The topological polar surface area (TPSA) is 46.0 Å². The lowest BCUT2D eigenvalue weighted by Gasteiger charge is -2.11. The van der Waals surface area contributed by atoms with Crippen LogP contribution >= 0.6 is 0 Å². The van der Waals surface area contributed by atoms with Gasteiger partial charge in [-0.05, 0) is 30.7 Å². The molecule has 1 N–H and O–H groups in total. The molecule has 0 aliphatic heterocycles. The van der Waals surface area contributed by atoms with Crippen molar-refractivity contribution in [2.45, 2.75) is 13.3 Å². The number of aliphatic imine (C=N–C) groups is 1. The van der Waals surface area contributed by atoms with Gasteiger partial charge in [0, 0.05) is 13.3 Å². The number of nitrogens with zero attached hydrogens (tertiary/aromatic N) is 2. The molecule has 98 valence electrons. The van der Waals surface area contributed by atoms with E-state index in [0.29, 0.717) is 11.3 Å². The number of hydrogen-bond donors (Lipinski definition) is 1. The average molecular weight is 259 g/mol. The van der Waals surface area contributed by atoms with Crippen molar-refractivity contribution >= 4 is 18.1 Å². The van der Waals surface area contributed by atoms with Crippen LogP contribution in [0.25, 0.3) is 0 Å². The predicted molar refractivity (Wildman–Crippen MR) is 64.4 cm³/mol. The van der Waals surface area contributed by atoms with Gasteiger partial charge in [-0.25, -0.2) is 0 Å². The van der Waals surface area contributed by atoms with Crippen molar-refractivity contribution in [2.24, 2.45) is 10.1 Å². The van der Waals surface area contributed by atoms with Crippen molar-refractivity contribution in [1.29, 1.82) is 0 Å². The van der Waals surface area contributed by atoms with E-state index in [4.69, 9.17) is 0 Å². The summed E-state index contributed by atoms with van der Waals surface area (Å²) in [5, 5.41) is 3.81. The standard InChI is InChI=1S/C11H12F3N3O/c1-8-7-9(18-11(12,13)14)3-4-10(8)17-16-6-5-15-2/h3-7,17H,1-2H3/b15-5?,16-6-. The zero-order valence-electron chi connectivity index (χ0n) is 9.82. The van der Waals surface area contributed by atoms with Crippen LogP contribution in [0, 0.1) is 6.92 Å². The lowest BCUT2D eigenvalue weighted by molar-refractivity contribution is -0.274. The Morgan fingerprint density at radius 3 is 2.56 bits per heavy atom. The molecule has 18 heavy (non-hydrogen) atoms. The number of ether oxygens (including phenoxy) is 1. The van der Waals surface area contributed by atoms with Gasteiger partial charge < -0.3 is 4.74 Å². The molecule has 0 saturated heterocycles. The van der Waals surface area contributed by atoms with E-state index in [0.717, 1.165) is 0 Å². The van der Waals surface area contributed by atoms with Crippen LogP contribution in [0.15, 0.2) is 28.3 Å². The number of anilines is 1. The Bertz CT molecular complexity index is 455. The SMILES string of the molecule is CN=C/C=N\Nc1ccc(OC(F)(F)F)cc1C. The molecular formula is C11H12F3N3O. The minimum absolute atomic E-state index is 0.260. The molecule has 0 amide bonds. The van der Waals surface area contributed by atoms with Gasteiger partial charge in [0.05, 0.1) is 11.9 Å². The summed E-state index contributed by atoms with van der Waals surface area (Å²) < 4.78 is 39.7. The number of hydrogen-bond acceptors (Lipinski definition) is 4. The molecule has 0 spiro atoms. The molecule has 0 saturated carbocycles. The van der Waals surface area contributed by atoms with Crippen molar-refractivity contribution in [3.05, 3.63) is 23.8 Å².